The second kappa shape index (κ2) is 8.64. The van der Waals surface area contributed by atoms with E-state index in [-0.39, 0.29) is 23.8 Å². The zero-order valence-electron chi connectivity index (χ0n) is 17.4. The number of hydrogen-bond donors (Lipinski definition) is 2. The van der Waals surface area contributed by atoms with Crippen molar-refractivity contribution in [2.45, 2.75) is 61.5 Å². The maximum absolute atomic E-state index is 13.1. The lowest BCUT2D eigenvalue weighted by molar-refractivity contribution is -0.137. The van der Waals surface area contributed by atoms with E-state index in [2.05, 4.69) is 15.5 Å². The predicted molar refractivity (Wildman–Crippen MR) is 114 cm³/mol. The Balaban J connectivity index is 1.52. The standard InChI is InChI=1S/C20H23F3N6O2S/c1-11(32-19-27-26-17(29(19)24)12-5-3-2-4-6-12)18(31)28-10-16(30)25-14-9-13(20(21,22)23)7-8-15(14)28/h7-9,11-12H,2-6,10,24H2,1H3,(H,25,30). The number of halogens is 3. The number of anilines is 2. The van der Waals surface area contributed by atoms with Crippen molar-refractivity contribution in [3.63, 3.8) is 0 Å². The van der Waals surface area contributed by atoms with Gasteiger partial charge in [0.1, 0.15) is 6.54 Å². The highest BCUT2D eigenvalue weighted by molar-refractivity contribution is 8.00. The molecule has 2 heterocycles. The van der Waals surface area contributed by atoms with Gasteiger partial charge in [0.05, 0.1) is 22.2 Å². The van der Waals surface area contributed by atoms with Crippen molar-refractivity contribution in [1.82, 2.24) is 14.9 Å². The molecule has 0 bridgehead atoms. The molecule has 0 spiro atoms. The van der Waals surface area contributed by atoms with Crippen LogP contribution in [0.4, 0.5) is 24.5 Å². The van der Waals surface area contributed by atoms with E-state index in [0.29, 0.717) is 11.0 Å². The number of fused-ring (bicyclic) bond motifs is 1. The van der Waals surface area contributed by atoms with Crippen molar-refractivity contribution < 1.29 is 22.8 Å². The first-order valence-electron chi connectivity index (χ1n) is 10.3. The number of benzene rings is 1. The van der Waals surface area contributed by atoms with Crippen LogP contribution in [0.5, 0.6) is 0 Å². The Morgan fingerprint density at radius 2 is 1.97 bits per heavy atom. The minimum Gasteiger partial charge on any atom is -0.336 e. The summed E-state index contributed by atoms with van der Waals surface area (Å²) < 4.78 is 40.5. The SMILES string of the molecule is CC(Sc1nnc(C2CCCCC2)n1N)C(=O)N1CC(=O)Nc2cc(C(F)(F)F)ccc21. The summed E-state index contributed by atoms with van der Waals surface area (Å²) in [5.41, 5.74) is -0.741. The Morgan fingerprint density at radius 1 is 1.25 bits per heavy atom. The van der Waals surface area contributed by atoms with E-state index >= 15 is 0 Å². The van der Waals surface area contributed by atoms with Crippen molar-refractivity contribution in [2.75, 3.05) is 22.6 Å². The van der Waals surface area contributed by atoms with Gasteiger partial charge in [-0.25, -0.2) is 4.68 Å². The normalized spacial score (nSPS) is 18.2. The zero-order valence-corrected chi connectivity index (χ0v) is 18.2. The summed E-state index contributed by atoms with van der Waals surface area (Å²) in [4.78, 5) is 26.4. The number of nitrogens with two attached hydrogens (primary N) is 1. The number of nitrogens with one attached hydrogen (secondary N) is 1. The molecule has 3 N–H and O–H groups in total. The van der Waals surface area contributed by atoms with E-state index in [1.165, 1.54) is 22.1 Å². The molecule has 12 heteroatoms. The molecule has 2 aliphatic rings. The molecule has 1 aliphatic carbocycles. The average Bonchev–Trinajstić information content (AvgIpc) is 3.12. The van der Waals surface area contributed by atoms with Gasteiger partial charge in [0.2, 0.25) is 17.0 Å². The molecule has 1 aromatic heterocycles. The van der Waals surface area contributed by atoms with Crippen LogP contribution in [0.3, 0.4) is 0 Å². The van der Waals surface area contributed by atoms with Crippen molar-refractivity contribution in [1.29, 1.82) is 0 Å². The summed E-state index contributed by atoms with van der Waals surface area (Å²) in [6.45, 7) is 1.35. The van der Waals surface area contributed by atoms with Crippen LogP contribution in [0.15, 0.2) is 23.4 Å². The summed E-state index contributed by atoms with van der Waals surface area (Å²) >= 11 is 1.10. The van der Waals surface area contributed by atoms with Crippen LogP contribution in [0.25, 0.3) is 0 Å². The fourth-order valence-electron chi connectivity index (χ4n) is 4.10. The topological polar surface area (TPSA) is 106 Å². The Morgan fingerprint density at radius 3 is 2.66 bits per heavy atom. The predicted octanol–water partition coefficient (Wildman–Crippen LogP) is 3.52. The first-order chi connectivity index (χ1) is 15.1. The summed E-state index contributed by atoms with van der Waals surface area (Å²) in [6, 6.07) is 2.91. The van der Waals surface area contributed by atoms with E-state index in [1.807, 2.05) is 0 Å². The zero-order chi connectivity index (χ0) is 23.0. The highest BCUT2D eigenvalue weighted by atomic mass is 32.2. The van der Waals surface area contributed by atoms with Crippen molar-refractivity contribution in [2.24, 2.45) is 0 Å². The van der Waals surface area contributed by atoms with Crippen LogP contribution in [0.2, 0.25) is 0 Å². The summed E-state index contributed by atoms with van der Waals surface area (Å²) in [7, 11) is 0. The van der Waals surface area contributed by atoms with E-state index in [1.54, 1.807) is 6.92 Å². The molecule has 2 amide bonds. The lowest BCUT2D eigenvalue weighted by Gasteiger charge is -2.31. The van der Waals surface area contributed by atoms with E-state index in [4.69, 9.17) is 5.84 Å². The van der Waals surface area contributed by atoms with Gasteiger partial charge >= 0.3 is 6.18 Å². The van der Waals surface area contributed by atoms with Crippen LogP contribution in [-0.2, 0) is 15.8 Å². The fourth-order valence-corrected chi connectivity index (χ4v) is 4.94. The number of rotatable bonds is 4. The lowest BCUT2D eigenvalue weighted by atomic mass is 9.89. The highest BCUT2D eigenvalue weighted by Crippen LogP contribution is 2.38. The molecule has 1 fully saturated rings. The summed E-state index contributed by atoms with van der Waals surface area (Å²) in [5, 5.41) is 10.4. The third-order valence-corrected chi connectivity index (χ3v) is 6.79. The van der Waals surface area contributed by atoms with Gasteiger partial charge in [0, 0.05) is 5.92 Å². The fraction of sp³-hybridized carbons (Fsp3) is 0.500. The van der Waals surface area contributed by atoms with Crippen LogP contribution < -0.4 is 16.1 Å². The molecule has 1 atom stereocenters. The van der Waals surface area contributed by atoms with Gasteiger partial charge in [-0.15, -0.1) is 10.2 Å². The Bertz CT molecular complexity index is 1030. The molecule has 32 heavy (non-hydrogen) atoms. The molecule has 8 nitrogen and oxygen atoms in total. The number of nitrogen functional groups attached to an aromatic ring is 1. The number of alkyl halides is 3. The maximum atomic E-state index is 13.1. The van der Waals surface area contributed by atoms with Crippen molar-refractivity contribution >= 4 is 35.0 Å². The minimum absolute atomic E-state index is 0.0526. The van der Waals surface area contributed by atoms with Gasteiger partial charge < -0.3 is 11.2 Å². The number of amides is 2. The number of hydrogen-bond acceptors (Lipinski definition) is 6. The van der Waals surface area contributed by atoms with Crippen molar-refractivity contribution in [3.8, 4) is 0 Å². The maximum Gasteiger partial charge on any atom is 0.416 e. The molecule has 1 aromatic carbocycles. The third-order valence-electron chi connectivity index (χ3n) is 5.75. The molecule has 2 aromatic rings. The van der Waals surface area contributed by atoms with Crippen molar-refractivity contribution in [3.05, 3.63) is 29.6 Å². The number of thioether (sulfide) groups is 1. The van der Waals surface area contributed by atoms with Crippen LogP contribution in [-0.4, -0.2) is 38.5 Å². The number of nitrogens with zero attached hydrogens (tertiary/aromatic N) is 4. The van der Waals surface area contributed by atoms with Gasteiger partial charge in [0.25, 0.3) is 0 Å². The molecule has 0 radical (unpaired) electrons. The van der Waals surface area contributed by atoms with Crippen LogP contribution >= 0.6 is 11.8 Å². The smallest absolute Gasteiger partial charge is 0.336 e. The molecule has 0 saturated heterocycles. The van der Waals surface area contributed by atoms with Gasteiger partial charge in [-0.1, -0.05) is 31.0 Å². The van der Waals surface area contributed by atoms with Crippen LogP contribution in [0.1, 0.15) is 56.3 Å². The average molecular weight is 469 g/mol. The molecule has 4 rings (SSSR count). The van der Waals surface area contributed by atoms with E-state index < -0.39 is 28.8 Å². The highest BCUT2D eigenvalue weighted by Gasteiger charge is 2.35. The van der Waals surface area contributed by atoms with E-state index in [0.717, 1.165) is 49.6 Å². The van der Waals surface area contributed by atoms with Gasteiger partial charge in [0.15, 0.2) is 5.82 Å². The molecule has 1 aliphatic heterocycles. The van der Waals surface area contributed by atoms with Gasteiger partial charge in [-0.3, -0.25) is 14.5 Å². The second-order valence-corrected chi connectivity index (χ2v) is 9.32. The summed E-state index contributed by atoms with van der Waals surface area (Å²) in [5.74, 6) is 6.12. The number of carbonyl (C=O) groups excluding carboxylic acids is 2. The Labute approximate surface area is 186 Å². The monoisotopic (exact) mass is 468 g/mol. The molecular formula is C20H23F3N6O2S. The first kappa shape index (κ1) is 22.4. The number of aromatic nitrogens is 3. The summed E-state index contributed by atoms with van der Waals surface area (Å²) in [6.07, 6.45) is 0.846. The Hall–Kier alpha value is -2.76. The molecular weight excluding hydrogens is 445 g/mol. The van der Waals surface area contributed by atoms with Gasteiger partial charge in [-0.05, 0) is 38.0 Å². The third kappa shape index (κ3) is 4.41. The minimum atomic E-state index is -4.56. The first-order valence-corrected chi connectivity index (χ1v) is 11.2. The molecule has 1 saturated carbocycles. The molecule has 1 unspecified atom stereocenters. The largest absolute Gasteiger partial charge is 0.416 e. The lowest BCUT2D eigenvalue weighted by Crippen LogP contribution is -2.45. The Kier molecular flexibility index (Phi) is 6.06. The second-order valence-electron chi connectivity index (χ2n) is 8.01. The number of carbonyl (C=O) groups is 2. The molecule has 172 valence electrons. The van der Waals surface area contributed by atoms with Crippen LogP contribution in [0, 0.1) is 0 Å². The van der Waals surface area contributed by atoms with Gasteiger partial charge in [-0.2, -0.15) is 13.2 Å². The van der Waals surface area contributed by atoms with E-state index in [9.17, 15) is 22.8 Å². The quantitative estimate of drug-likeness (QED) is 0.525.